The van der Waals surface area contributed by atoms with Crippen molar-refractivity contribution in [2.24, 2.45) is 5.92 Å². The molecular formula is C15H23NO. The van der Waals surface area contributed by atoms with Crippen molar-refractivity contribution in [2.75, 3.05) is 6.54 Å². The Bertz CT molecular complexity index is 360. The van der Waals surface area contributed by atoms with Crippen molar-refractivity contribution in [3.63, 3.8) is 0 Å². The summed E-state index contributed by atoms with van der Waals surface area (Å²) in [5.41, 5.74) is 2.93. The molecule has 0 radical (unpaired) electrons. The number of carbonyl (C=O) groups excluding carboxylic acids is 1. The summed E-state index contributed by atoms with van der Waals surface area (Å²) in [5.74, 6) is 0.649. The first-order valence-corrected chi connectivity index (χ1v) is 6.44. The summed E-state index contributed by atoms with van der Waals surface area (Å²) in [7, 11) is 0. The van der Waals surface area contributed by atoms with Crippen molar-refractivity contribution in [1.29, 1.82) is 0 Å². The lowest BCUT2D eigenvalue weighted by Crippen LogP contribution is -2.30. The highest BCUT2D eigenvalue weighted by Crippen LogP contribution is 2.13. The molecule has 94 valence electrons. The Labute approximate surface area is 104 Å². The van der Waals surface area contributed by atoms with E-state index < -0.39 is 0 Å². The molecule has 0 saturated carbocycles. The molecule has 0 unspecified atom stereocenters. The van der Waals surface area contributed by atoms with Crippen molar-refractivity contribution >= 4 is 5.91 Å². The minimum absolute atomic E-state index is 0.0625. The van der Waals surface area contributed by atoms with Gasteiger partial charge in [0, 0.05) is 12.1 Å². The van der Waals surface area contributed by atoms with Gasteiger partial charge in [-0.2, -0.15) is 0 Å². The van der Waals surface area contributed by atoms with Crippen molar-refractivity contribution in [1.82, 2.24) is 5.32 Å². The third kappa shape index (κ3) is 3.58. The van der Waals surface area contributed by atoms with Crippen molar-refractivity contribution in [2.45, 2.75) is 40.5 Å². The molecule has 0 saturated heterocycles. The first-order chi connectivity index (χ1) is 8.10. The number of aryl methyl sites for hydroxylation is 2. The molecule has 1 amide bonds. The number of benzene rings is 1. The molecule has 0 atom stereocenters. The molecule has 2 heteroatoms. The maximum absolute atomic E-state index is 12.1. The van der Waals surface area contributed by atoms with Gasteiger partial charge in [0.15, 0.2) is 0 Å². The molecule has 0 bridgehead atoms. The number of nitrogens with one attached hydrogen (secondary N) is 1. The third-order valence-corrected chi connectivity index (χ3v) is 3.41. The van der Waals surface area contributed by atoms with E-state index in [-0.39, 0.29) is 5.91 Å². The van der Waals surface area contributed by atoms with Crippen LogP contribution in [0.2, 0.25) is 0 Å². The summed E-state index contributed by atoms with van der Waals surface area (Å²) in [6, 6.07) is 5.96. The van der Waals surface area contributed by atoms with Crippen LogP contribution in [0.3, 0.4) is 0 Å². The molecule has 2 nitrogen and oxygen atoms in total. The molecule has 1 N–H and O–H groups in total. The number of carbonyl (C=O) groups is 1. The monoisotopic (exact) mass is 233 g/mol. The first-order valence-electron chi connectivity index (χ1n) is 6.44. The number of hydrogen-bond donors (Lipinski definition) is 1. The molecule has 0 spiro atoms. The van der Waals surface area contributed by atoms with E-state index in [9.17, 15) is 4.79 Å². The predicted octanol–water partition coefficient (Wildman–Crippen LogP) is 3.47. The van der Waals surface area contributed by atoms with E-state index >= 15 is 0 Å². The van der Waals surface area contributed by atoms with Gasteiger partial charge in [-0.3, -0.25) is 4.79 Å². The molecule has 17 heavy (non-hydrogen) atoms. The van der Waals surface area contributed by atoms with Crippen LogP contribution in [0.25, 0.3) is 0 Å². The molecule has 1 aromatic rings. The highest BCUT2D eigenvalue weighted by Gasteiger charge is 2.12. The normalized spacial score (nSPS) is 10.6. The van der Waals surface area contributed by atoms with Crippen molar-refractivity contribution in [3.05, 3.63) is 34.9 Å². The maximum atomic E-state index is 12.1. The molecule has 0 aliphatic heterocycles. The van der Waals surface area contributed by atoms with Crippen LogP contribution in [0.5, 0.6) is 0 Å². The van der Waals surface area contributed by atoms with E-state index in [1.165, 1.54) is 0 Å². The number of hydrogen-bond acceptors (Lipinski definition) is 1. The van der Waals surface area contributed by atoms with E-state index in [2.05, 4.69) is 19.2 Å². The van der Waals surface area contributed by atoms with E-state index in [1.54, 1.807) is 0 Å². The highest BCUT2D eigenvalue weighted by atomic mass is 16.1. The van der Waals surface area contributed by atoms with E-state index in [0.29, 0.717) is 5.92 Å². The summed E-state index contributed by atoms with van der Waals surface area (Å²) in [5, 5.41) is 3.04. The average Bonchev–Trinajstić information content (AvgIpc) is 2.30. The molecular weight excluding hydrogens is 210 g/mol. The highest BCUT2D eigenvalue weighted by molar-refractivity contribution is 5.97. The van der Waals surface area contributed by atoms with E-state index in [1.807, 2.05) is 32.0 Å². The summed E-state index contributed by atoms with van der Waals surface area (Å²) in [4.78, 5) is 12.1. The van der Waals surface area contributed by atoms with Gasteiger partial charge in [0.05, 0.1) is 0 Å². The first kappa shape index (κ1) is 13.8. The molecule has 0 fully saturated rings. The quantitative estimate of drug-likeness (QED) is 0.829. The Hall–Kier alpha value is -1.31. The van der Waals surface area contributed by atoms with Crippen LogP contribution in [0.15, 0.2) is 18.2 Å². The zero-order chi connectivity index (χ0) is 12.8. The van der Waals surface area contributed by atoms with Gasteiger partial charge in [0.1, 0.15) is 0 Å². The van der Waals surface area contributed by atoms with Gasteiger partial charge in [0.25, 0.3) is 5.91 Å². The topological polar surface area (TPSA) is 29.1 Å². The summed E-state index contributed by atoms with van der Waals surface area (Å²) >= 11 is 0. The van der Waals surface area contributed by atoms with Gasteiger partial charge in [-0.15, -0.1) is 0 Å². The Morgan fingerprint density at radius 3 is 2.18 bits per heavy atom. The van der Waals surface area contributed by atoms with Crippen LogP contribution in [-0.4, -0.2) is 12.5 Å². The van der Waals surface area contributed by atoms with Gasteiger partial charge in [-0.05, 0) is 30.9 Å². The van der Waals surface area contributed by atoms with Crippen LogP contribution >= 0.6 is 0 Å². The lowest BCUT2D eigenvalue weighted by molar-refractivity contribution is 0.0945. The van der Waals surface area contributed by atoms with Gasteiger partial charge in [-0.1, -0.05) is 44.9 Å². The van der Waals surface area contributed by atoms with Crippen LogP contribution in [0.1, 0.15) is 48.2 Å². The molecule has 0 aliphatic rings. The largest absolute Gasteiger partial charge is 0.352 e. The van der Waals surface area contributed by atoms with Crippen LogP contribution in [0, 0.1) is 19.8 Å². The molecule has 0 heterocycles. The number of amides is 1. The lowest BCUT2D eigenvalue weighted by Gasteiger charge is -2.15. The minimum atomic E-state index is 0.0625. The second kappa shape index (κ2) is 6.43. The van der Waals surface area contributed by atoms with Gasteiger partial charge >= 0.3 is 0 Å². The SMILES string of the molecule is CCC(CC)CNC(=O)c1c(C)cccc1C. The predicted molar refractivity (Wildman–Crippen MR) is 72.3 cm³/mol. The Kier molecular flexibility index (Phi) is 5.20. The zero-order valence-electron chi connectivity index (χ0n) is 11.3. The zero-order valence-corrected chi connectivity index (χ0v) is 11.3. The average molecular weight is 233 g/mol. The number of rotatable bonds is 5. The summed E-state index contributed by atoms with van der Waals surface area (Å²) in [6.07, 6.45) is 2.23. The second-order valence-corrected chi connectivity index (χ2v) is 4.66. The van der Waals surface area contributed by atoms with E-state index in [0.717, 1.165) is 36.1 Å². The second-order valence-electron chi connectivity index (χ2n) is 4.66. The Morgan fingerprint density at radius 2 is 1.71 bits per heavy atom. The van der Waals surface area contributed by atoms with Crippen LogP contribution in [-0.2, 0) is 0 Å². The lowest BCUT2D eigenvalue weighted by atomic mass is 10.0. The fraction of sp³-hybridized carbons (Fsp3) is 0.533. The molecule has 1 aromatic carbocycles. The fourth-order valence-corrected chi connectivity index (χ4v) is 2.08. The summed E-state index contributed by atoms with van der Waals surface area (Å²) < 4.78 is 0. The van der Waals surface area contributed by atoms with Crippen molar-refractivity contribution in [3.8, 4) is 0 Å². The Balaban J connectivity index is 2.70. The Morgan fingerprint density at radius 1 is 1.18 bits per heavy atom. The smallest absolute Gasteiger partial charge is 0.251 e. The minimum Gasteiger partial charge on any atom is -0.352 e. The van der Waals surface area contributed by atoms with E-state index in [4.69, 9.17) is 0 Å². The third-order valence-electron chi connectivity index (χ3n) is 3.41. The molecule has 0 aromatic heterocycles. The van der Waals surface area contributed by atoms with Crippen LogP contribution in [0.4, 0.5) is 0 Å². The van der Waals surface area contributed by atoms with Gasteiger partial charge in [0.2, 0.25) is 0 Å². The maximum Gasteiger partial charge on any atom is 0.251 e. The van der Waals surface area contributed by atoms with Gasteiger partial charge < -0.3 is 5.32 Å². The van der Waals surface area contributed by atoms with Crippen LogP contribution < -0.4 is 5.32 Å². The molecule has 0 aliphatic carbocycles. The molecule has 1 rings (SSSR count). The van der Waals surface area contributed by atoms with Crippen molar-refractivity contribution < 1.29 is 4.79 Å². The summed E-state index contributed by atoms with van der Waals surface area (Å²) in [6.45, 7) is 9.08. The van der Waals surface area contributed by atoms with Gasteiger partial charge in [-0.25, -0.2) is 0 Å². The fourth-order valence-electron chi connectivity index (χ4n) is 2.08. The standard InChI is InChI=1S/C15H23NO/c1-5-13(6-2)10-16-15(17)14-11(3)8-7-9-12(14)4/h7-9,13H,5-6,10H2,1-4H3,(H,16,17).